The second-order valence-corrected chi connectivity index (χ2v) is 7.78. The summed E-state index contributed by atoms with van der Waals surface area (Å²) in [6, 6.07) is 3.49. The molecule has 1 fully saturated rings. The number of hydrogen-bond acceptors (Lipinski definition) is 5. The number of carboxylic acids is 1. The Hall–Kier alpha value is -2.77. The van der Waals surface area contributed by atoms with E-state index in [9.17, 15) is 45.4 Å². The van der Waals surface area contributed by atoms with Crippen LogP contribution >= 0.6 is 0 Å². The quantitative estimate of drug-likeness (QED) is 0.611. The van der Waals surface area contributed by atoms with Crippen molar-refractivity contribution in [3.05, 3.63) is 29.6 Å². The van der Waals surface area contributed by atoms with Gasteiger partial charge in [-0.05, 0) is 19.9 Å². The van der Waals surface area contributed by atoms with Crippen molar-refractivity contribution < 1.29 is 54.9 Å². The van der Waals surface area contributed by atoms with Crippen LogP contribution in [-0.4, -0.2) is 77.2 Å². The van der Waals surface area contributed by atoms with Crippen molar-refractivity contribution >= 4 is 12.1 Å². The molecular weight excluding hydrogens is 469 g/mol. The predicted molar refractivity (Wildman–Crippen MR) is 98.0 cm³/mol. The molecule has 0 aromatic heterocycles. The first kappa shape index (κ1) is 26.5. The molecule has 2 rings (SSSR count). The highest BCUT2D eigenvalue weighted by Gasteiger charge is 2.60. The molecule has 186 valence electrons. The Morgan fingerprint density at radius 2 is 1.58 bits per heavy atom. The Morgan fingerprint density at radius 3 is 2.06 bits per heavy atom. The highest BCUT2D eigenvalue weighted by atomic mass is 19.4. The third-order valence-corrected chi connectivity index (χ3v) is 4.75. The molecule has 0 radical (unpaired) electrons. The van der Waals surface area contributed by atoms with E-state index in [-0.39, 0.29) is 38.5 Å². The van der Waals surface area contributed by atoms with E-state index in [1.54, 1.807) is 4.90 Å². The smallest absolute Gasteiger partial charge is 0.434 e. The van der Waals surface area contributed by atoms with Gasteiger partial charge in [-0.2, -0.15) is 26.3 Å². The number of aliphatic carboxylic acids is 1. The second kappa shape index (κ2) is 9.61. The van der Waals surface area contributed by atoms with Crippen LogP contribution in [0.15, 0.2) is 18.2 Å². The van der Waals surface area contributed by atoms with Crippen LogP contribution in [0.25, 0.3) is 0 Å². The van der Waals surface area contributed by atoms with Gasteiger partial charge in [0.05, 0.1) is 0 Å². The molecule has 1 heterocycles. The molecule has 1 amide bonds. The second-order valence-electron chi connectivity index (χ2n) is 7.78. The van der Waals surface area contributed by atoms with Crippen molar-refractivity contribution in [2.24, 2.45) is 0 Å². The first-order valence-corrected chi connectivity index (χ1v) is 9.53. The fraction of sp³-hybridized carbons (Fsp3) is 0.579. The Labute approximate surface area is 183 Å². The van der Waals surface area contributed by atoms with E-state index < -0.39 is 41.9 Å². The zero-order chi connectivity index (χ0) is 25.2. The van der Waals surface area contributed by atoms with E-state index in [1.165, 1.54) is 19.9 Å². The number of ether oxygens (including phenoxy) is 2. The van der Waals surface area contributed by atoms with Crippen molar-refractivity contribution in [3.8, 4) is 5.75 Å². The number of amides is 1. The van der Waals surface area contributed by atoms with Crippen LogP contribution < -0.4 is 4.74 Å². The van der Waals surface area contributed by atoms with Crippen molar-refractivity contribution in [1.82, 2.24) is 9.80 Å². The largest absolute Gasteiger partial charge is 0.478 e. The highest BCUT2D eigenvalue weighted by molar-refractivity contribution is 5.76. The number of piperazine rings is 1. The lowest BCUT2D eigenvalue weighted by atomic mass is 10.1. The summed E-state index contributed by atoms with van der Waals surface area (Å²) in [5.74, 6) is -2.00. The fourth-order valence-electron chi connectivity index (χ4n) is 2.90. The summed E-state index contributed by atoms with van der Waals surface area (Å²) < 4.78 is 98.3. The summed E-state index contributed by atoms with van der Waals surface area (Å²) in [5.41, 5.74) is -1.27. The van der Waals surface area contributed by atoms with E-state index in [4.69, 9.17) is 4.74 Å². The van der Waals surface area contributed by atoms with Crippen LogP contribution in [0.3, 0.4) is 0 Å². The molecule has 1 saturated heterocycles. The average Bonchev–Trinajstić information content (AvgIpc) is 2.66. The Morgan fingerprint density at radius 1 is 1.03 bits per heavy atom. The first-order chi connectivity index (χ1) is 15.0. The molecule has 0 aliphatic carbocycles. The minimum absolute atomic E-state index is 0.0394. The van der Waals surface area contributed by atoms with Crippen LogP contribution in [0.4, 0.5) is 35.5 Å². The molecule has 1 aromatic rings. The van der Waals surface area contributed by atoms with E-state index in [2.05, 4.69) is 4.74 Å². The van der Waals surface area contributed by atoms with Gasteiger partial charge in [-0.15, -0.1) is 0 Å². The zero-order valence-electron chi connectivity index (χ0n) is 17.5. The van der Waals surface area contributed by atoms with Crippen molar-refractivity contribution in [2.45, 2.75) is 44.4 Å². The summed E-state index contributed by atoms with van der Waals surface area (Å²) in [4.78, 5) is 25.5. The van der Waals surface area contributed by atoms with Gasteiger partial charge in [0.1, 0.15) is 11.6 Å². The van der Waals surface area contributed by atoms with Gasteiger partial charge in [0.2, 0.25) is 0 Å². The van der Waals surface area contributed by atoms with Crippen LogP contribution in [0.1, 0.15) is 19.4 Å². The normalized spacial score (nSPS) is 16.1. The van der Waals surface area contributed by atoms with Crippen molar-refractivity contribution in [2.75, 3.05) is 26.2 Å². The van der Waals surface area contributed by atoms with Crippen molar-refractivity contribution in [3.63, 3.8) is 0 Å². The van der Waals surface area contributed by atoms with E-state index in [0.717, 1.165) is 17.0 Å². The number of nitrogens with zero attached hydrogens (tertiary/aromatic N) is 2. The topological polar surface area (TPSA) is 79.3 Å². The summed E-state index contributed by atoms with van der Waals surface area (Å²) >= 11 is 0. The third-order valence-electron chi connectivity index (χ3n) is 4.75. The molecule has 1 aromatic carbocycles. The lowest BCUT2D eigenvalue weighted by Gasteiger charge is -2.35. The number of benzene rings is 1. The lowest BCUT2D eigenvalue weighted by molar-refractivity contribution is -0.308. The number of carboxylic acid groups (broad SMARTS) is 1. The maximum absolute atomic E-state index is 13.7. The molecule has 0 bridgehead atoms. The Balaban J connectivity index is 2.02. The van der Waals surface area contributed by atoms with Gasteiger partial charge in [0, 0.05) is 44.4 Å². The molecule has 0 atom stereocenters. The van der Waals surface area contributed by atoms with Gasteiger partial charge in [-0.1, -0.05) is 6.07 Å². The zero-order valence-corrected chi connectivity index (χ0v) is 17.5. The summed E-state index contributed by atoms with van der Waals surface area (Å²) in [5, 5.41) is 9.21. The molecule has 7 nitrogen and oxygen atoms in total. The molecule has 0 saturated carbocycles. The van der Waals surface area contributed by atoms with Gasteiger partial charge >= 0.3 is 24.4 Å². The van der Waals surface area contributed by atoms with Gasteiger partial charge in [-0.3, -0.25) is 4.90 Å². The highest BCUT2D eigenvalue weighted by Crippen LogP contribution is 2.36. The van der Waals surface area contributed by atoms with E-state index >= 15 is 0 Å². The average molecular weight is 490 g/mol. The molecule has 0 unspecified atom stereocenters. The van der Waals surface area contributed by atoms with Gasteiger partial charge in [-0.25, -0.2) is 14.0 Å². The number of carbonyl (C=O) groups excluding carboxylic acids is 1. The maximum atomic E-state index is 13.7. The van der Waals surface area contributed by atoms with Gasteiger partial charge in [0.25, 0.3) is 6.10 Å². The van der Waals surface area contributed by atoms with Gasteiger partial charge < -0.3 is 19.5 Å². The van der Waals surface area contributed by atoms with E-state index in [0.29, 0.717) is 5.56 Å². The standard InChI is InChI=1S/C19H21F7N2O5/c1-17(2,15(29)30)33-13-9-12(20)4-3-11(13)10-27-5-7-28(8-6-27)16(31)32-14(18(21,22)23)19(24,25)26/h3-4,9,14H,5-8,10H2,1-2H3,(H,29,30). The third kappa shape index (κ3) is 7.11. The number of rotatable bonds is 6. The minimum atomic E-state index is -5.81. The molecular formula is C19H21F7N2O5. The Bertz CT molecular complexity index is 851. The van der Waals surface area contributed by atoms with E-state index in [1.807, 2.05) is 0 Å². The van der Waals surface area contributed by atoms with Crippen LogP contribution in [0.5, 0.6) is 5.75 Å². The Kier molecular flexibility index (Phi) is 7.71. The fourth-order valence-corrected chi connectivity index (χ4v) is 2.90. The van der Waals surface area contributed by atoms with Crippen molar-refractivity contribution in [1.29, 1.82) is 0 Å². The molecule has 1 N–H and O–H groups in total. The first-order valence-electron chi connectivity index (χ1n) is 9.53. The van der Waals surface area contributed by atoms with Crippen LogP contribution in [0.2, 0.25) is 0 Å². The van der Waals surface area contributed by atoms with Crippen LogP contribution in [0, 0.1) is 5.82 Å². The lowest BCUT2D eigenvalue weighted by Crippen LogP contribution is -2.52. The van der Waals surface area contributed by atoms with Crippen LogP contribution in [-0.2, 0) is 16.1 Å². The summed E-state index contributed by atoms with van der Waals surface area (Å²) in [6.45, 7) is 2.29. The maximum Gasteiger partial charge on any atom is 0.434 e. The molecule has 33 heavy (non-hydrogen) atoms. The van der Waals surface area contributed by atoms with Gasteiger partial charge in [0.15, 0.2) is 5.60 Å². The SMILES string of the molecule is CC(C)(Oc1cc(F)ccc1CN1CCN(C(=O)OC(C(F)(F)F)C(F)(F)F)CC1)C(=O)O. The number of halogens is 7. The molecule has 1 aliphatic rings. The molecule has 0 spiro atoms. The predicted octanol–water partition coefficient (Wildman–Crippen LogP) is 3.82. The number of carbonyl (C=O) groups is 2. The minimum Gasteiger partial charge on any atom is -0.478 e. The number of hydrogen-bond donors (Lipinski definition) is 1. The molecule has 1 aliphatic heterocycles. The summed E-state index contributed by atoms with van der Waals surface area (Å²) in [7, 11) is 0. The monoisotopic (exact) mass is 490 g/mol. The number of alkyl halides is 6. The molecule has 14 heteroatoms. The summed E-state index contributed by atoms with van der Waals surface area (Å²) in [6.07, 6.45) is -17.6.